The number of hydrogen-bond acceptors (Lipinski definition) is 3. The maximum absolute atomic E-state index is 4.50. The van der Waals surface area contributed by atoms with Crippen LogP contribution in [0.4, 0.5) is 5.82 Å². The normalized spacial score (nSPS) is 10.8. The summed E-state index contributed by atoms with van der Waals surface area (Å²) in [4.78, 5) is 7.11. The number of pyridine rings is 1. The zero-order valence-corrected chi connectivity index (χ0v) is 15.9. The van der Waals surface area contributed by atoms with Gasteiger partial charge in [0, 0.05) is 18.1 Å². The molecule has 1 heterocycles. The molecule has 0 aliphatic heterocycles. The molecule has 4 heteroatoms. The van der Waals surface area contributed by atoms with Crippen molar-refractivity contribution in [3.05, 3.63) is 36.5 Å². The average Bonchev–Trinajstić information content (AvgIpc) is 2.60. The van der Waals surface area contributed by atoms with Crippen LogP contribution in [0.2, 0.25) is 0 Å². The van der Waals surface area contributed by atoms with Crippen molar-refractivity contribution in [2.24, 2.45) is 0 Å². The third kappa shape index (κ3) is 6.66. The standard InChI is InChI=1S/C20H31N3.ClH/c1-3-5-15-23(16-6-4-2)17-9-13-21-20-19-11-8-7-10-18(19)12-14-22-20;/h7-8,10-12,14H,3-6,9,13,15-17H2,1-2H3,(H,21,22);1H. The van der Waals surface area contributed by atoms with E-state index in [1.165, 1.54) is 62.5 Å². The summed E-state index contributed by atoms with van der Waals surface area (Å²) < 4.78 is 0. The van der Waals surface area contributed by atoms with Crippen LogP contribution in [0.1, 0.15) is 46.0 Å². The third-order valence-corrected chi connectivity index (χ3v) is 4.27. The second-order valence-electron chi connectivity index (χ2n) is 6.21. The van der Waals surface area contributed by atoms with Gasteiger partial charge in [-0.2, -0.15) is 0 Å². The number of rotatable bonds is 11. The Hall–Kier alpha value is -1.32. The number of nitrogens with zero attached hydrogens (tertiary/aromatic N) is 2. The zero-order chi connectivity index (χ0) is 16.3. The Labute approximate surface area is 153 Å². The van der Waals surface area contributed by atoms with Gasteiger partial charge in [-0.3, -0.25) is 0 Å². The lowest BCUT2D eigenvalue weighted by atomic mass is 10.1. The van der Waals surface area contributed by atoms with Gasteiger partial charge in [0.25, 0.3) is 0 Å². The SMILES string of the molecule is CCCCN(CCCC)CCCNc1nccc2ccccc12.Cl. The molecular weight excluding hydrogens is 318 g/mol. The second-order valence-corrected chi connectivity index (χ2v) is 6.21. The molecule has 0 spiro atoms. The zero-order valence-electron chi connectivity index (χ0n) is 15.1. The van der Waals surface area contributed by atoms with E-state index in [0.717, 1.165) is 12.4 Å². The first kappa shape index (κ1) is 20.7. The van der Waals surface area contributed by atoms with Gasteiger partial charge in [-0.05, 0) is 50.3 Å². The van der Waals surface area contributed by atoms with Crippen LogP contribution in [0.15, 0.2) is 36.5 Å². The van der Waals surface area contributed by atoms with Gasteiger partial charge < -0.3 is 10.2 Å². The van der Waals surface area contributed by atoms with E-state index in [1.807, 2.05) is 6.20 Å². The van der Waals surface area contributed by atoms with Gasteiger partial charge in [-0.25, -0.2) is 4.98 Å². The molecule has 0 amide bonds. The molecule has 0 fully saturated rings. The number of unbranched alkanes of at least 4 members (excludes halogenated alkanes) is 2. The van der Waals surface area contributed by atoms with Gasteiger partial charge in [0.2, 0.25) is 0 Å². The number of anilines is 1. The van der Waals surface area contributed by atoms with E-state index in [0.29, 0.717) is 0 Å². The Morgan fingerprint density at radius 1 is 0.917 bits per heavy atom. The van der Waals surface area contributed by atoms with Gasteiger partial charge in [-0.15, -0.1) is 12.4 Å². The number of benzene rings is 1. The van der Waals surface area contributed by atoms with Crippen molar-refractivity contribution in [3.63, 3.8) is 0 Å². The Bertz CT molecular complexity index is 560. The molecule has 134 valence electrons. The van der Waals surface area contributed by atoms with E-state index >= 15 is 0 Å². The van der Waals surface area contributed by atoms with Crippen LogP contribution in [0.3, 0.4) is 0 Å². The molecule has 2 rings (SSSR count). The van der Waals surface area contributed by atoms with Crippen molar-refractivity contribution >= 4 is 29.0 Å². The molecule has 1 N–H and O–H groups in total. The second kappa shape index (κ2) is 12.1. The first-order valence-corrected chi connectivity index (χ1v) is 9.15. The van der Waals surface area contributed by atoms with Crippen LogP contribution in [0, 0.1) is 0 Å². The third-order valence-electron chi connectivity index (χ3n) is 4.27. The molecule has 0 bridgehead atoms. The Kier molecular flexibility index (Phi) is 10.4. The summed E-state index contributed by atoms with van der Waals surface area (Å²) in [6.45, 7) is 9.18. The molecule has 2 aromatic rings. The number of fused-ring (bicyclic) bond motifs is 1. The molecule has 0 aliphatic carbocycles. The van der Waals surface area contributed by atoms with Crippen molar-refractivity contribution in [1.29, 1.82) is 0 Å². The molecule has 0 radical (unpaired) electrons. The molecule has 0 atom stereocenters. The van der Waals surface area contributed by atoms with Gasteiger partial charge >= 0.3 is 0 Å². The van der Waals surface area contributed by atoms with E-state index in [-0.39, 0.29) is 12.4 Å². The van der Waals surface area contributed by atoms with Crippen molar-refractivity contribution < 1.29 is 0 Å². The predicted molar refractivity (Wildman–Crippen MR) is 108 cm³/mol. The van der Waals surface area contributed by atoms with E-state index in [4.69, 9.17) is 0 Å². The number of nitrogens with one attached hydrogen (secondary N) is 1. The van der Waals surface area contributed by atoms with Crippen molar-refractivity contribution in [2.45, 2.75) is 46.0 Å². The minimum atomic E-state index is 0. The highest BCUT2D eigenvalue weighted by molar-refractivity contribution is 5.91. The summed E-state index contributed by atoms with van der Waals surface area (Å²) in [6.07, 6.45) is 8.23. The van der Waals surface area contributed by atoms with Gasteiger partial charge in [0.05, 0.1) is 0 Å². The molecule has 1 aromatic heterocycles. The summed E-state index contributed by atoms with van der Waals surface area (Å²) in [7, 11) is 0. The van der Waals surface area contributed by atoms with Gasteiger partial charge in [0.15, 0.2) is 0 Å². The quantitative estimate of drug-likeness (QED) is 0.553. The summed E-state index contributed by atoms with van der Waals surface area (Å²) in [5.74, 6) is 1.01. The highest BCUT2D eigenvalue weighted by Gasteiger charge is 2.04. The van der Waals surface area contributed by atoms with Crippen LogP contribution in [0.25, 0.3) is 10.8 Å². The lowest BCUT2D eigenvalue weighted by Crippen LogP contribution is -2.28. The van der Waals surface area contributed by atoms with Crippen molar-refractivity contribution in [2.75, 3.05) is 31.5 Å². The van der Waals surface area contributed by atoms with E-state index in [2.05, 4.69) is 59.4 Å². The molecular formula is C20H32ClN3. The topological polar surface area (TPSA) is 28.2 Å². The van der Waals surface area contributed by atoms with Crippen LogP contribution >= 0.6 is 12.4 Å². The maximum Gasteiger partial charge on any atom is 0.133 e. The Morgan fingerprint density at radius 2 is 1.58 bits per heavy atom. The largest absolute Gasteiger partial charge is 0.370 e. The lowest BCUT2D eigenvalue weighted by molar-refractivity contribution is 0.264. The van der Waals surface area contributed by atoms with Gasteiger partial charge in [-0.1, -0.05) is 51.0 Å². The maximum atomic E-state index is 4.50. The van der Waals surface area contributed by atoms with Gasteiger partial charge in [0.1, 0.15) is 5.82 Å². The minimum Gasteiger partial charge on any atom is -0.370 e. The summed E-state index contributed by atoms with van der Waals surface area (Å²) >= 11 is 0. The average molecular weight is 350 g/mol. The Balaban J connectivity index is 0.00000288. The number of halogens is 1. The molecule has 0 unspecified atom stereocenters. The Morgan fingerprint density at radius 3 is 2.29 bits per heavy atom. The summed E-state index contributed by atoms with van der Waals surface area (Å²) in [5.41, 5.74) is 0. The first-order chi connectivity index (χ1) is 11.3. The van der Waals surface area contributed by atoms with Crippen molar-refractivity contribution in [1.82, 2.24) is 9.88 Å². The first-order valence-electron chi connectivity index (χ1n) is 9.15. The fourth-order valence-corrected chi connectivity index (χ4v) is 2.87. The predicted octanol–water partition coefficient (Wildman–Crippen LogP) is 5.36. The number of aromatic nitrogens is 1. The van der Waals surface area contributed by atoms with Crippen LogP contribution < -0.4 is 5.32 Å². The highest BCUT2D eigenvalue weighted by atomic mass is 35.5. The molecule has 0 saturated heterocycles. The lowest BCUT2D eigenvalue weighted by Gasteiger charge is -2.22. The summed E-state index contributed by atoms with van der Waals surface area (Å²) in [5, 5.41) is 5.98. The van der Waals surface area contributed by atoms with Crippen molar-refractivity contribution in [3.8, 4) is 0 Å². The molecule has 24 heavy (non-hydrogen) atoms. The monoisotopic (exact) mass is 349 g/mol. The van der Waals surface area contributed by atoms with Crippen LogP contribution in [-0.4, -0.2) is 36.1 Å². The molecule has 0 saturated carbocycles. The van der Waals surface area contributed by atoms with Crippen LogP contribution in [0.5, 0.6) is 0 Å². The van der Waals surface area contributed by atoms with E-state index in [1.54, 1.807) is 0 Å². The minimum absolute atomic E-state index is 0. The summed E-state index contributed by atoms with van der Waals surface area (Å²) in [6, 6.07) is 10.5. The highest BCUT2D eigenvalue weighted by Crippen LogP contribution is 2.20. The smallest absolute Gasteiger partial charge is 0.133 e. The fraction of sp³-hybridized carbons (Fsp3) is 0.550. The molecule has 3 nitrogen and oxygen atoms in total. The van der Waals surface area contributed by atoms with E-state index in [9.17, 15) is 0 Å². The fourth-order valence-electron chi connectivity index (χ4n) is 2.87. The van der Waals surface area contributed by atoms with E-state index < -0.39 is 0 Å². The molecule has 0 aliphatic rings. The molecule has 1 aromatic carbocycles. The number of hydrogen-bond donors (Lipinski definition) is 1. The van der Waals surface area contributed by atoms with Crippen LogP contribution in [-0.2, 0) is 0 Å².